The van der Waals surface area contributed by atoms with E-state index in [9.17, 15) is 70.6 Å². The van der Waals surface area contributed by atoms with Gasteiger partial charge in [-0.25, -0.2) is 14.4 Å². The van der Waals surface area contributed by atoms with Gasteiger partial charge in [-0.1, -0.05) is 0 Å². The minimum absolute atomic E-state index is 0.597. The minimum atomic E-state index is -2.17. The number of hydrogen-bond acceptors (Lipinski definition) is 18. The summed E-state index contributed by atoms with van der Waals surface area (Å²) in [5.74, 6) is -13.0. The first-order chi connectivity index (χ1) is 21.1. The molecule has 3 aromatic rings. The van der Waals surface area contributed by atoms with E-state index in [2.05, 4.69) is 0 Å². The summed E-state index contributed by atoms with van der Waals surface area (Å²) in [6, 6.07) is 3.97. The zero-order valence-electron chi connectivity index (χ0n) is 22.3. The van der Waals surface area contributed by atoms with E-state index in [1.807, 2.05) is 0 Å². The van der Waals surface area contributed by atoms with Crippen molar-refractivity contribution in [3.63, 3.8) is 0 Å². The van der Waals surface area contributed by atoms with Crippen LogP contribution >= 0.6 is 0 Å². The SMILES string of the molecule is O=C(O[C@H]1O[C@@H](CO)[C@@H](O)[C@@H](OC(=O)c2cc(O)c(O)c(O)c2)[C@@H]1OC(=O)c1cc(O)c(O)c(O)c1)c1cc(O)c(O)c(O)c1. The molecule has 0 radical (unpaired) electrons. The Labute approximate surface area is 249 Å². The van der Waals surface area contributed by atoms with Crippen molar-refractivity contribution >= 4 is 17.9 Å². The van der Waals surface area contributed by atoms with Gasteiger partial charge in [-0.2, -0.15) is 0 Å². The molecule has 0 bridgehead atoms. The Bertz CT molecular complexity index is 1580. The fourth-order valence-corrected chi connectivity index (χ4v) is 4.12. The fourth-order valence-electron chi connectivity index (χ4n) is 4.12. The predicted octanol–water partition coefficient (Wildman–Crippen LogP) is -0.277. The van der Waals surface area contributed by atoms with E-state index in [1.54, 1.807) is 0 Å². The van der Waals surface area contributed by atoms with E-state index in [4.69, 9.17) is 18.9 Å². The van der Waals surface area contributed by atoms with E-state index >= 15 is 0 Å². The number of rotatable bonds is 7. The van der Waals surface area contributed by atoms with E-state index in [0.29, 0.717) is 36.4 Å². The molecule has 0 aromatic heterocycles. The summed E-state index contributed by atoms with van der Waals surface area (Å²) in [6.45, 7) is -1.01. The molecule has 0 spiro atoms. The highest BCUT2D eigenvalue weighted by Gasteiger charge is 2.52. The van der Waals surface area contributed by atoms with Crippen LogP contribution in [0, 0.1) is 0 Å². The fraction of sp³-hybridized carbons (Fsp3) is 0.222. The first-order valence-electron chi connectivity index (χ1n) is 12.4. The molecule has 1 fully saturated rings. The van der Waals surface area contributed by atoms with Crippen LogP contribution in [0.5, 0.6) is 51.7 Å². The van der Waals surface area contributed by atoms with Crippen LogP contribution in [-0.4, -0.2) is 111 Å². The van der Waals surface area contributed by atoms with Gasteiger partial charge in [0, 0.05) is 0 Å². The predicted molar refractivity (Wildman–Crippen MR) is 140 cm³/mol. The number of carbonyl (C=O) groups excluding carboxylic acids is 3. The van der Waals surface area contributed by atoms with Gasteiger partial charge in [-0.3, -0.25) is 0 Å². The maximum atomic E-state index is 13.1. The third kappa shape index (κ3) is 6.42. The molecule has 45 heavy (non-hydrogen) atoms. The average molecular weight is 636 g/mol. The molecule has 0 aliphatic carbocycles. The molecule has 1 aliphatic rings. The lowest BCUT2D eigenvalue weighted by Crippen LogP contribution is -2.62. The molecule has 0 saturated carbocycles. The van der Waals surface area contributed by atoms with E-state index in [-0.39, 0.29) is 0 Å². The quantitative estimate of drug-likeness (QED) is 0.0902. The molecular weight excluding hydrogens is 612 g/mol. The van der Waals surface area contributed by atoms with Gasteiger partial charge < -0.3 is 75.1 Å². The lowest BCUT2D eigenvalue weighted by molar-refractivity contribution is -0.283. The smallest absolute Gasteiger partial charge is 0.340 e. The highest BCUT2D eigenvalue weighted by molar-refractivity contribution is 5.93. The van der Waals surface area contributed by atoms with Crippen molar-refractivity contribution in [2.24, 2.45) is 0 Å². The average Bonchev–Trinajstić information content (AvgIpc) is 2.99. The molecule has 18 heteroatoms. The monoisotopic (exact) mass is 636 g/mol. The third-order valence-corrected chi connectivity index (χ3v) is 6.42. The lowest BCUT2D eigenvalue weighted by Gasteiger charge is -2.42. The summed E-state index contributed by atoms with van der Waals surface area (Å²) in [5.41, 5.74) is -1.83. The highest BCUT2D eigenvalue weighted by atomic mass is 16.7. The summed E-state index contributed by atoms with van der Waals surface area (Å²) >= 11 is 0. The number of carbonyl (C=O) groups is 3. The number of aromatic hydroxyl groups is 9. The second-order valence-corrected chi connectivity index (χ2v) is 9.45. The molecule has 3 aromatic carbocycles. The molecule has 1 heterocycles. The summed E-state index contributed by atoms with van der Waals surface area (Å²) < 4.78 is 21.1. The Balaban J connectivity index is 1.74. The minimum Gasteiger partial charge on any atom is -0.504 e. The number of esters is 3. The number of aliphatic hydroxyl groups excluding tert-OH is 2. The Morgan fingerprint density at radius 2 is 0.867 bits per heavy atom. The highest BCUT2D eigenvalue weighted by Crippen LogP contribution is 2.39. The largest absolute Gasteiger partial charge is 0.504 e. The van der Waals surface area contributed by atoms with Crippen LogP contribution in [0.25, 0.3) is 0 Å². The van der Waals surface area contributed by atoms with Gasteiger partial charge in [0.25, 0.3) is 0 Å². The number of phenols is 9. The summed E-state index contributed by atoms with van der Waals surface area (Å²) in [7, 11) is 0. The Morgan fingerprint density at radius 1 is 0.556 bits per heavy atom. The van der Waals surface area contributed by atoms with Crippen LogP contribution in [-0.2, 0) is 18.9 Å². The Hall–Kier alpha value is -5.85. The normalized spacial score (nSPS) is 21.1. The Kier molecular flexibility index (Phi) is 8.84. The summed E-state index contributed by atoms with van der Waals surface area (Å²) in [6.07, 6.45) is -10.2. The number of aliphatic hydroxyl groups is 2. The molecule has 5 atom stereocenters. The van der Waals surface area contributed by atoms with Crippen molar-refractivity contribution in [2.75, 3.05) is 6.61 Å². The number of hydrogen-bond donors (Lipinski definition) is 11. The molecule has 240 valence electrons. The van der Waals surface area contributed by atoms with Gasteiger partial charge in [0.15, 0.2) is 57.8 Å². The Morgan fingerprint density at radius 3 is 1.20 bits per heavy atom. The van der Waals surface area contributed by atoms with E-state index in [1.165, 1.54) is 0 Å². The van der Waals surface area contributed by atoms with Gasteiger partial charge >= 0.3 is 17.9 Å². The molecular formula is C27H24O18. The number of benzene rings is 3. The topological polar surface area (TPSA) is 311 Å². The van der Waals surface area contributed by atoms with E-state index in [0.717, 1.165) is 0 Å². The zero-order chi connectivity index (χ0) is 33.3. The molecule has 0 unspecified atom stereocenters. The van der Waals surface area contributed by atoms with Crippen LogP contribution in [0.2, 0.25) is 0 Å². The first-order valence-corrected chi connectivity index (χ1v) is 12.4. The molecule has 1 aliphatic heterocycles. The van der Waals surface area contributed by atoms with Crippen molar-refractivity contribution in [1.29, 1.82) is 0 Å². The molecule has 11 N–H and O–H groups in total. The van der Waals surface area contributed by atoms with Crippen molar-refractivity contribution in [3.05, 3.63) is 53.1 Å². The summed E-state index contributed by atoms with van der Waals surface area (Å²) in [4.78, 5) is 39.0. The second kappa shape index (κ2) is 12.4. The van der Waals surface area contributed by atoms with Crippen LogP contribution in [0.1, 0.15) is 31.1 Å². The summed E-state index contributed by atoms with van der Waals surface area (Å²) in [5, 5.41) is 108. The molecule has 4 rings (SSSR count). The molecule has 0 amide bonds. The van der Waals surface area contributed by atoms with Crippen LogP contribution in [0.15, 0.2) is 36.4 Å². The maximum Gasteiger partial charge on any atom is 0.340 e. The van der Waals surface area contributed by atoms with Gasteiger partial charge in [0.05, 0.1) is 23.3 Å². The van der Waals surface area contributed by atoms with Crippen molar-refractivity contribution in [3.8, 4) is 51.7 Å². The molecule has 18 nitrogen and oxygen atoms in total. The van der Waals surface area contributed by atoms with Gasteiger partial charge in [-0.05, 0) is 36.4 Å². The van der Waals surface area contributed by atoms with Crippen LogP contribution < -0.4 is 0 Å². The number of ether oxygens (including phenoxy) is 4. The van der Waals surface area contributed by atoms with E-state index < -0.39 is 124 Å². The van der Waals surface area contributed by atoms with Crippen molar-refractivity contribution in [2.45, 2.75) is 30.7 Å². The molecule has 1 saturated heterocycles. The van der Waals surface area contributed by atoms with Gasteiger partial charge in [-0.15, -0.1) is 0 Å². The van der Waals surface area contributed by atoms with Gasteiger partial charge in [0.1, 0.15) is 12.2 Å². The number of phenolic OH excluding ortho intramolecular Hbond substituents is 9. The zero-order valence-corrected chi connectivity index (χ0v) is 22.3. The maximum absolute atomic E-state index is 13.1. The lowest BCUT2D eigenvalue weighted by atomic mass is 9.98. The van der Waals surface area contributed by atoms with Crippen molar-refractivity contribution in [1.82, 2.24) is 0 Å². The van der Waals surface area contributed by atoms with Gasteiger partial charge in [0.2, 0.25) is 12.4 Å². The van der Waals surface area contributed by atoms with Crippen LogP contribution in [0.4, 0.5) is 0 Å². The van der Waals surface area contributed by atoms with Crippen LogP contribution in [0.3, 0.4) is 0 Å². The first kappa shape index (κ1) is 32.1. The second-order valence-electron chi connectivity index (χ2n) is 9.45. The van der Waals surface area contributed by atoms with Crippen molar-refractivity contribution < 1.29 is 89.5 Å². The third-order valence-electron chi connectivity index (χ3n) is 6.42. The standard InChI is InChI=1S/C27H24O18/c28-7-17-21(38)22(43-24(39)8-1-11(29)18(35)12(30)2-8)23(44-25(40)9-3-13(31)19(36)14(32)4-9)27(42-17)45-26(41)10-5-15(33)20(37)16(34)6-10/h1-6,17,21-23,27-38H,7H2/t17-,21+,22+,23-,27+/m0/s1.